The van der Waals surface area contributed by atoms with Crippen molar-refractivity contribution < 1.29 is 19.1 Å². The topological polar surface area (TPSA) is 81.6 Å². The Balaban J connectivity index is 1.60. The lowest BCUT2D eigenvalue weighted by Crippen LogP contribution is -2.31. The molecule has 8 heteroatoms. The smallest absolute Gasteiger partial charge is 0.350 e. The summed E-state index contributed by atoms with van der Waals surface area (Å²) in [6, 6.07) is 12.9. The molecule has 2 heterocycles. The number of nitrogens with zero attached hydrogens (tertiary/aromatic N) is 3. The van der Waals surface area contributed by atoms with Gasteiger partial charge in [0.2, 0.25) is 0 Å². The van der Waals surface area contributed by atoms with Crippen molar-refractivity contribution >= 4 is 23.2 Å². The Labute approximate surface area is 172 Å². The lowest BCUT2D eigenvalue weighted by Gasteiger charge is -2.18. The van der Waals surface area contributed by atoms with E-state index < -0.39 is 5.97 Å². The average molecular weight is 411 g/mol. The average Bonchev–Trinajstić information content (AvgIpc) is 3.14. The van der Waals surface area contributed by atoms with Crippen molar-refractivity contribution in [1.29, 1.82) is 0 Å². The number of thiazole rings is 1. The Hall–Kier alpha value is -3.26. The summed E-state index contributed by atoms with van der Waals surface area (Å²) in [7, 11) is 3.23. The minimum atomic E-state index is -0.568. The first kappa shape index (κ1) is 20.5. The summed E-state index contributed by atoms with van der Waals surface area (Å²) in [6.07, 6.45) is 1.67. The molecule has 2 aromatic heterocycles. The Bertz CT molecular complexity index is 1000. The zero-order chi connectivity index (χ0) is 20.8. The van der Waals surface area contributed by atoms with Gasteiger partial charge in [0.05, 0.1) is 18.5 Å². The SMILES string of the molecule is COc1ccccc1CN(C)C(=O)COC(=O)c1sc(-c2ccccn2)nc1C. The van der Waals surface area contributed by atoms with E-state index in [2.05, 4.69) is 9.97 Å². The van der Waals surface area contributed by atoms with E-state index in [4.69, 9.17) is 9.47 Å². The van der Waals surface area contributed by atoms with Crippen LogP contribution < -0.4 is 4.74 Å². The molecule has 0 aliphatic rings. The van der Waals surface area contributed by atoms with E-state index in [9.17, 15) is 9.59 Å². The molecule has 3 rings (SSSR count). The second-order valence-corrected chi connectivity index (χ2v) is 7.29. The first-order valence-electron chi connectivity index (χ1n) is 8.91. The van der Waals surface area contributed by atoms with Gasteiger partial charge in [-0.25, -0.2) is 9.78 Å². The maximum atomic E-state index is 12.4. The van der Waals surface area contributed by atoms with Gasteiger partial charge in [0.15, 0.2) is 6.61 Å². The molecule has 0 spiro atoms. The highest BCUT2D eigenvalue weighted by Gasteiger charge is 2.20. The van der Waals surface area contributed by atoms with Gasteiger partial charge < -0.3 is 14.4 Å². The normalized spacial score (nSPS) is 10.4. The van der Waals surface area contributed by atoms with E-state index in [1.807, 2.05) is 42.5 Å². The number of para-hydroxylation sites is 1. The lowest BCUT2D eigenvalue weighted by atomic mass is 10.2. The number of rotatable bonds is 7. The first-order valence-corrected chi connectivity index (χ1v) is 9.73. The number of hydrogen-bond acceptors (Lipinski definition) is 7. The number of esters is 1. The first-order chi connectivity index (χ1) is 14.0. The fourth-order valence-corrected chi connectivity index (χ4v) is 3.60. The molecule has 0 unspecified atom stereocenters. The Kier molecular flexibility index (Phi) is 6.56. The van der Waals surface area contributed by atoms with Crippen molar-refractivity contribution in [3.63, 3.8) is 0 Å². The summed E-state index contributed by atoms with van der Waals surface area (Å²) < 4.78 is 10.5. The van der Waals surface area contributed by atoms with Crippen molar-refractivity contribution in [2.24, 2.45) is 0 Å². The van der Waals surface area contributed by atoms with Gasteiger partial charge in [-0.3, -0.25) is 9.78 Å². The number of aromatic nitrogens is 2. The molecule has 150 valence electrons. The van der Waals surface area contributed by atoms with Gasteiger partial charge in [-0.2, -0.15) is 0 Å². The van der Waals surface area contributed by atoms with Crippen molar-refractivity contribution in [3.05, 3.63) is 64.8 Å². The molecule has 3 aromatic rings. The fourth-order valence-electron chi connectivity index (χ4n) is 2.66. The monoisotopic (exact) mass is 411 g/mol. The van der Waals surface area contributed by atoms with Gasteiger partial charge in [-0.1, -0.05) is 24.3 Å². The highest BCUT2D eigenvalue weighted by atomic mass is 32.1. The zero-order valence-corrected chi connectivity index (χ0v) is 17.2. The van der Waals surface area contributed by atoms with Crippen LogP contribution in [0.1, 0.15) is 20.9 Å². The molecular formula is C21H21N3O4S. The highest BCUT2D eigenvalue weighted by molar-refractivity contribution is 7.17. The number of aryl methyl sites for hydroxylation is 1. The molecule has 0 saturated heterocycles. The van der Waals surface area contributed by atoms with E-state index in [1.165, 1.54) is 16.2 Å². The van der Waals surface area contributed by atoms with Gasteiger partial charge in [0.25, 0.3) is 5.91 Å². The molecule has 0 fully saturated rings. The van der Waals surface area contributed by atoms with Crippen molar-refractivity contribution in [1.82, 2.24) is 14.9 Å². The van der Waals surface area contributed by atoms with E-state index >= 15 is 0 Å². The van der Waals surface area contributed by atoms with Crippen LogP contribution in [0.4, 0.5) is 0 Å². The van der Waals surface area contributed by atoms with Crippen LogP contribution in [0.3, 0.4) is 0 Å². The molecule has 0 N–H and O–H groups in total. The van der Waals surface area contributed by atoms with E-state index in [1.54, 1.807) is 27.3 Å². The van der Waals surface area contributed by atoms with Gasteiger partial charge in [-0.05, 0) is 25.1 Å². The summed E-state index contributed by atoms with van der Waals surface area (Å²) in [5.41, 5.74) is 2.11. The number of hydrogen-bond donors (Lipinski definition) is 0. The second kappa shape index (κ2) is 9.29. The third kappa shape index (κ3) is 4.97. The third-order valence-electron chi connectivity index (χ3n) is 4.22. The molecular weight excluding hydrogens is 390 g/mol. The maximum Gasteiger partial charge on any atom is 0.350 e. The summed E-state index contributed by atoms with van der Waals surface area (Å²) in [4.78, 5) is 35.3. The predicted octanol–water partition coefficient (Wildman–Crippen LogP) is 3.34. The maximum absolute atomic E-state index is 12.4. The third-order valence-corrected chi connectivity index (χ3v) is 5.38. The summed E-state index contributed by atoms with van der Waals surface area (Å²) in [6.45, 7) is 1.74. The predicted molar refractivity (Wildman–Crippen MR) is 110 cm³/mol. The van der Waals surface area contributed by atoms with Crippen LogP contribution in [0.15, 0.2) is 48.7 Å². The Morgan fingerprint density at radius 1 is 1.14 bits per heavy atom. The number of likely N-dealkylation sites (N-methyl/N-ethyl adjacent to an activating group) is 1. The number of carbonyl (C=O) groups is 2. The fraction of sp³-hybridized carbons (Fsp3) is 0.238. The summed E-state index contributed by atoms with van der Waals surface area (Å²) >= 11 is 1.20. The Morgan fingerprint density at radius 3 is 2.62 bits per heavy atom. The standard InChI is InChI=1S/C21H21N3O4S/c1-14-19(29-20(23-14)16-9-6-7-11-22-16)21(26)28-13-18(25)24(2)12-15-8-4-5-10-17(15)27-3/h4-11H,12-13H2,1-3H3. The van der Waals surface area contributed by atoms with Crippen LogP contribution in [-0.2, 0) is 16.1 Å². The van der Waals surface area contributed by atoms with Crippen LogP contribution in [0.2, 0.25) is 0 Å². The number of amides is 1. The van der Waals surface area contributed by atoms with Gasteiger partial charge in [-0.15, -0.1) is 11.3 Å². The molecule has 7 nitrogen and oxygen atoms in total. The van der Waals surface area contributed by atoms with Gasteiger partial charge in [0.1, 0.15) is 15.6 Å². The second-order valence-electron chi connectivity index (χ2n) is 6.29. The number of carbonyl (C=O) groups excluding carboxylic acids is 2. The molecule has 0 bridgehead atoms. The number of pyridine rings is 1. The molecule has 0 radical (unpaired) electrons. The van der Waals surface area contributed by atoms with Gasteiger partial charge >= 0.3 is 5.97 Å². The summed E-state index contributed by atoms with van der Waals surface area (Å²) in [5, 5.41) is 0.634. The van der Waals surface area contributed by atoms with Crippen molar-refractivity contribution in [3.8, 4) is 16.5 Å². The van der Waals surface area contributed by atoms with Crippen LogP contribution in [-0.4, -0.2) is 47.5 Å². The van der Waals surface area contributed by atoms with Crippen molar-refractivity contribution in [2.45, 2.75) is 13.5 Å². The van der Waals surface area contributed by atoms with Crippen LogP contribution in [0.25, 0.3) is 10.7 Å². The largest absolute Gasteiger partial charge is 0.496 e. The quantitative estimate of drug-likeness (QED) is 0.555. The molecule has 0 saturated carbocycles. The molecule has 0 atom stereocenters. The number of benzene rings is 1. The van der Waals surface area contributed by atoms with E-state index in [0.29, 0.717) is 33.6 Å². The highest BCUT2D eigenvalue weighted by Crippen LogP contribution is 2.27. The van der Waals surface area contributed by atoms with Gasteiger partial charge in [0, 0.05) is 25.4 Å². The molecule has 1 aromatic carbocycles. The van der Waals surface area contributed by atoms with Crippen LogP contribution in [0, 0.1) is 6.92 Å². The molecule has 0 aliphatic carbocycles. The van der Waals surface area contributed by atoms with Crippen LogP contribution in [0.5, 0.6) is 5.75 Å². The lowest BCUT2D eigenvalue weighted by molar-refractivity contribution is -0.133. The molecule has 29 heavy (non-hydrogen) atoms. The molecule has 1 amide bonds. The van der Waals surface area contributed by atoms with E-state index in [0.717, 1.165) is 5.56 Å². The minimum absolute atomic E-state index is 0.309. The Morgan fingerprint density at radius 2 is 1.90 bits per heavy atom. The van der Waals surface area contributed by atoms with E-state index in [-0.39, 0.29) is 12.5 Å². The number of methoxy groups -OCH3 is 1. The van der Waals surface area contributed by atoms with Crippen molar-refractivity contribution in [2.75, 3.05) is 20.8 Å². The minimum Gasteiger partial charge on any atom is -0.496 e. The summed E-state index contributed by atoms with van der Waals surface area (Å²) in [5.74, 6) is -0.177. The van der Waals surface area contributed by atoms with Crippen LogP contribution >= 0.6 is 11.3 Å². The zero-order valence-electron chi connectivity index (χ0n) is 16.4. The molecule has 0 aliphatic heterocycles. The number of ether oxygens (including phenoxy) is 2.